The molecule has 0 aliphatic carbocycles. The first-order chi connectivity index (χ1) is 15.0. The predicted octanol–water partition coefficient (Wildman–Crippen LogP) is 3.23. The van der Waals surface area contributed by atoms with E-state index in [1.54, 1.807) is 30.0 Å². The number of methoxy groups -OCH3 is 1. The first-order valence-corrected chi connectivity index (χ1v) is 10.7. The number of carbonyl (C=O) groups excluding carboxylic acids is 2. The van der Waals surface area contributed by atoms with Gasteiger partial charge < -0.3 is 15.0 Å². The van der Waals surface area contributed by atoms with Crippen LogP contribution < -0.4 is 15.0 Å². The summed E-state index contributed by atoms with van der Waals surface area (Å²) in [6.07, 6.45) is 1.69. The molecule has 1 saturated heterocycles. The van der Waals surface area contributed by atoms with Gasteiger partial charge >= 0.3 is 6.03 Å². The van der Waals surface area contributed by atoms with E-state index >= 15 is 0 Å². The zero-order valence-electron chi connectivity index (χ0n) is 17.4. The van der Waals surface area contributed by atoms with Gasteiger partial charge in [-0.05, 0) is 36.8 Å². The number of carbonyl (C=O) groups is 2. The molecule has 8 nitrogen and oxygen atoms in total. The number of thiazole rings is 1. The molecule has 9 heteroatoms. The smallest absolute Gasteiger partial charge is 0.326 e. The molecular formula is C22H23N5O3S. The van der Waals surface area contributed by atoms with E-state index in [1.165, 1.54) is 11.3 Å². The van der Waals surface area contributed by atoms with E-state index in [2.05, 4.69) is 15.3 Å². The van der Waals surface area contributed by atoms with Gasteiger partial charge in [-0.2, -0.15) is 0 Å². The number of amides is 3. The number of pyridine rings is 1. The Morgan fingerprint density at radius 3 is 2.71 bits per heavy atom. The van der Waals surface area contributed by atoms with Crippen molar-refractivity contribution in [2.45, 2.75) is 20.0 Å². The predicted molar refractivity (Wildman–Crippen MR) is 118 cm³/mol. The van der Waals surface area contributed by atoms with Crippen LogP contribution in [0, 0.1) is 6.92 Å². The first kappa shape index (κ1) is 20.8. The van der Waals surface area contributed by atoms with Crippen LogP contribution in [-0.4, -0.2) is 47.0 Å². The van der Waals surface area contributed by atoms with E-state index in [9.17, 15) is 9.59 Å². The molecule has 3 amide bonds. The largest absolute Gasteiger partial charge is 0.497 e. The zero-order valence-corrected chi connectivity index (χ0v) is 18.2. The Bertz CT molecular complexity index is 1070. The molecule has 1 fully saturated rings. The van der Waals surface area contributed by atoms with Crippen molar-refractivity contribution in [1.82, 2.24) is 20.2 Å². The maximum atomic E-state index is 12.9. The SMILES string of the molecule is COc1ccc(CN2CCN(c3nc(C)c(C(=O)NCc4ccccn4)s3)C2=O)cc1. The molecule has 3 aromatic rings. The first-order valence-electron chi connectivity index (χ1n) is 9.90. The maximum absolute atomic E-state index is 12.9. The Labute approximate surface area is 184 Å². The number of hydrogen-bond donors (Lipinski definition) is 1. The summed E-state index contributed by atoms with van der Waals surface area (Å²) in [5.41, 5.74) is 2.42. The second-order valence-electron chi connectivity index (χ2n) is 7.12. The van der Waals surface area contributed by atoms with Gasteiger partial charge in [0.05, 0.1) is 25.0 Å². The molecule has 3 heterocycles. The van der Waals surface area contributed by atoms with Gasteiger partial charge in [0.25, 0.3) is 5.91 Å². The molecule has 1 aromatic carbocycles. The highest BCUT2D eigenvalue weighted by Gasteiger charge is 2.32. The second kappa shape index (κ2) is 9.13. The summed E-state index contributed by atoms with van der Waals surface area (Å²) in [4.78, 5) is 38.1. The number of nitrogens with one attached hydrogen (secondary N) is 1. The van der Waals surface area contributed by atoms with Crippen LogP contribution in [0.25, 0.3) is 0 Å². The second-order valence-corrected chi connectivity index (χ2v) is 8.10. The van der Waals surface area contributed by atoms with Gasteiger partial charge in [0.1, 0.15) is 10.6 Å². The number of nitrogens with zero attached hydrogens (tertiary/aromatic N) is 4. The molecule has 0 radical (unpaired) electrons. The van der Waals surface area contributed by atoms with Gasteiger partial charge in [-0.15, -0.1) is 0 Å². The van der Waals surface area contributed by atoms with Gasteiger partial charge in [-0.3, -0.25) is 14.7 Å². The molecule has 0 bridgehead atoms. The molecule has 4 rings (SSSR count). The molecule has 0 unspecified atom stereocenters. The van der Waals surface area contributed by atoms with Crippen molar-refractivity contribution in [2.75, 3.05) is 25.1 Å². The number of hydrogen-bond acceptors (Lipinski definition) is 6. The Kier molecular flexibility index (Phi) is 6.13. The molecule has 1 aliphatic heterocycles. The minimum Gasteiger partial charge on any atom is -0.497 e. The summed E-state index contributed by atoms with van der Waals surface area (Å²) in [6.45, 7) is 3.78. The standard InChI is InChI=1S/C22H23N5O3S/c1-15-19(20(28)24-13-17-5-3-4-10-23-17)31-21(25-15)27-12-11-26(22(27)29)14-16-6-8-18(30-2)9-7-16/h3-10H,11-14H2,1-2H3,(H,24,28). The Balaban J connectivity index is 1.40. The van der Waals surface area contributed by atoms with Crippen LogP contribution in [-0.2, 0) is 13.1 Å². The number of benzene rings is 1. The summed E-state index contributed by atoms with van der Waals surface area (Å²) >= 11 is 1.24. The van der Waals surface area contributed by atoms with E-state index < -0.39 is 0 Å². The van der Waals surface area contributed by atoms with E-state index in [4.69, 9.17) is 4.74 Å². The molecule has 160 valence electrons. The minimum absolute atomic E-state index is 0.106. The highest BCUT2D eigenvalue weighted by molar-refractivity contribution is 7.17. The lowest BCUT2D eigenvalue weighted by atomic mass is 10.2. The summed E-state index contributed by atoms with van der Waals surface area (Å²) in [7, 11) is 1.62. The van der Waals surface area contributed by atoms with Crippen LogP contribution in [0.3, 0.4) is 0 Å². The van der Waals surface area contributed by atoms with Crippen molar-refractivity contribution >= 4 is 28.4 Å². The highest BCUT2D eigenvalue weighted by Crippen LogP contribution is 2.29. The van der Waals surface area contributed by atoms with Crippen LogP contribution in [0.1, 0.15) is 26.6 Å². The lowest BCUT2D eigenvalue weighted by Crippen LogP contribution is -2.31. The fourth-order valence-corrected chi connectivity index (χ4v) is 4.32. The van der Waals surface area contributed by atoms with Gasteiger partial charge in [0.15, 0.2) is 5.13 Å². The summed E-state index contributed by atoms with van der Waals surface area (Å²) < 4.78 is 5.18. The highest BCUT2D eigenvalue weighted by atomic mass is 32.1. The van der Waals surface area contributed by atoms with E-state index in [1.807, 2.05) is 42.5 Å². The average molecular weight is 438 g/mol. The number of ether oxygens (including phenoxy) is 1. The van der Waals surface area contributed by atoms with Crippen LogP contribution in [0.2, 0.25) is 0 Å². The maximum Gasteiger partial charge on any atom is 0.326 e. The fourth-order valence-electron chi connectivity index (χ4n) is 3.32. The van der Waals surface area contributed by atoms with Crippen molar-refractivity contribution in [2.24, 2.45) is 0 Å². The summed E-state index contributed by atoms with van der Waals surface area (Å²) in [6, 6.07) is 13.1. The summed E-state index contributed by atoms with van der Waals surface area (Å²) in [5, 5.41) is 3.41. The Hall–Kier alpha value is -3.46. The number of aromatic nitrogens is 2. The summed E-state index contributed by atoms with van der Waals surface area (Å²) in [5.74, 6) is 0.568. The van der Waals surface area contributed by atoms with Crippen LogP contribution in [0.5, 0.6) is 5.75 Å². The molecule has 1 aliphatic rings. The minimum atomic E-state index is -0.214. The molecule has 0 spiro atoms. The van der Waals surface area contributed by atoms with Crippen LogP contribution >= 0.6 is 11.3 Å². The van der Waals surface area contributed by atoms with Gasteiger partial charge in [-0.25, -0.2) is 9.78 Å². The van der Waals surface area contributed by atoms with Crippen LogP contribution in [0.4, 0.5) is 9.93 Å². The molecule has 2 aromatic heterocycles. The molecule has 0 saturated carbocycles. The quantitative estimate of drug-likeness (QED) is 0.613. The third-order valence-electron chi connectivity index (χ3n) is 5.01. The van der Waals surface area contributed by atoms with Crippen molar-refractivity contribution in [3.63, 3.8) is 0 Å². The third kappa shape index (κ3) is 4.66. The van der Waals surface area contributed by atoms with Gasteiger partial charge in [-0.1, -0.05) is 29.5 Å². The van der Waals surface area contributed by atoms with Crippen molar-refractivity contribution < 1.29 is 14.3 Å². The van der Waals surface area contributed by atoms with Gasteiger partial charge in [0.2, 0.25) is 0 Å². The van der Waals surface area contributed by atoms with E-state index in [-0.39, 0.29) is 11.9 Å². The lowest BCUT2D eigenvalue weighted by molar-refractivity contribution is 0.0953. The zero-order chi connectivity index (χ0) is 21.8. The normalized spacial score (nSPS) is 13.5. The monoisotopic (exact) mass is 437 g/mol. The van der Waals surface area contributed by atoms with Crippen molar-refractivity contribution in [1.29, 1.82) is 0 Å². The number of urea groups is 1. The third-order valence-corrected chi connectivity index (χ3v) is 6.19. The van der Waals surface area contributed by atoms with Crippen molar-refractivity contribution in [3.8, 4) is 5.75 Å². The van der Waals surface area contributed by atoms with Crippen molar-refractivity contribution in [3.05, 3.63) is 70.5 Å². The molecule has 1 N–H and O–H groups in total. The van der Waals surface area contributed by atoms with E-state index in [0.29, 0.717) is 41.9 Å². The fraction of sp³-hybridized carbons (Fsp3) is 0.273. The molecule has 31 heavy (non-hydrogen) atoms. The number of anilines is 1. The number of rotatable bonds is 7. The lowest BCUT2D eigenvalue weighted by Gasteiger charge is -2.17. The Morgan fingerprint density at radius 2 is 2.00 bits per heavy atom. The van der Waals surface area contributed by atoms with Crippen LogP contribution in [0.15, 0.2) is 48.7 Å². The molecule has 0 atom stereocenters. The van der Waals surface area contributed by atoms with E-state index in [0.717, 1.165) is 17.0 Å². The topological polar surface area (TPSA) is 87.7 Å². The Morgan fingerprint density at radius 1 is 1.19 bits per heavy atom. The average Bonchev–Trinajstić information content (AvgIpc) is 3.35. The molecular weight excluding hydrogens is 414 g/mol. The van der Waals surface area contributed by atoms with Gasteiger partial charge in [0, 0.05) is 25.8 Å². The number of aryl methyl sites for hydroxylation is 1.